The Labute approximate surface area is 367 Å². The Bertz CT molecular complexity index is 1600. The summed E-state index contributed by atoms with van der Waals surface area (Å²) in [5.41, 5.74) is -4.49. The Hall–Kier alpha value is -2.19. The molecule has 6 N–H and O–H groups in total. The number of carbonyl (C=O) groups is 2. The standard InChI is InChI=1S/C44H74ClN3O13/c1-14-32-44(10,55)36(50)27(6)48(41(53)46-30-17-15-16-29(45)19-30)22-23(2)20-42(8,54)38(61-40-34(49)31(47(11)12)18-24(3)57-40)25(4)35(26(5)39(52)59-32)60-33-21-43(9,56-13)37(51)28(7)58-33/h15-17,19,23-28,31-38,40,49-51,54-55H,14,18,20-22H2,1-13H3,(H,46,53)/t23-,24-,25+,26-,27-,28+,31-,32-,33+,34-,35+,36-,37+,38-,40+,42-,43-,44-/m1/s1. The molecule has 0 aromatic heterocycles. The van der Waals surface area contributed by atoms with Gasteiger partial charge in [0.05, 0.1) is 47.6 Å². The zero-order chi connectivity index (χ0) is 45.9. The van der Waals surface area contributed by atoms with Gasteiger partial charge in [0.15, 0.2) is 12.6 Å². The largest absolute Gasteiger partial charge is 0.459 e. The van der Waals surface area contributed by atoms with Crippen LogP contribution in [0, 0.1) is 17.8 Å². The molecule has 1 aromatic rings. The molecule has 0 unspecified atom stereocenters. The summed E-state index contributed by atoms with van der Waals surface area (Å²) in [6, 6.07) is 4.59. The first-order chi connectivity index (χ1) is 28.3. The lowest BCUT2D eigenvalue weighted by Crippen LogP contribution is -2.61. The summed E-state index contributed by atoms with van der Waals surface area (Å²) in [5.74, 6) is -3.25. The van der Waals surface area contributed by atoms with Gasteiger partial charge in [0.25, 0.3) is 0 Å². The highest BCUT2D eigenvalue weighted by Crippen LogP contribution is 2.40. The summed E-state index contributed by atoms with van der Waals surface area (Å²) in [5, 5.41) is 62.7. The van der Waals surface area contributed by atoms with Crippen molar-refractivity contribution >= 4 is 29.3 Å². The molecule has 18 atom stereocenters. The lowest BCUT2D eigenvalue weighted by atomic mass is 9.77. The minimum Gasteiger partial charge on any atom is -0.459 e. The Morgan fingerprint density at radius 2 is 1.66 bits per heavy atom. The van der Waals surface area contributed by atoms with Gasteiger partial charge in [-0.05, 0) is 106 Å². The van der Waals surface area contributed by atoms with Crippen molar-refractivity contribution < 1.29 is 63.5 Å². The van der Waals surface area contributed by atoms with Crippen molar-refractivity contribution in [2.75, 3.05) is 33.1 Å². The average molecular weight is 889 g/mol. The van der Waals surface area contributed by atoms with Gasteiger partial charge >= 0.3 is 12.0 Å². The number of benzene rings is 1. The number of anilines is 1. The van der Waals surface area contributed by atoms with Crippen LogP contribution in [-0.2, 0) is 33.2 Å². The second-order valence-electron chi connectivity index (χ2n) is 18.8. The number of nitrogens with zero attached hydrogens (tertiary/aromatic N) is 2. The molecular weight excluding hydrogens is 814 g/mol. The second kappa shape index (κ2) is 20.8. The summed E-state index contributed by atoms with van der Waals surface area (Å²) in [4.78, 5) is 31.9. The van der Waals surface area contributed by atoms with E-state index in [1.165, 1.54) is 18.9 Å². The number of urea groups is 1. The summed E-state index contributed by atoms with van der Waals surface area (Å²) >= 11 is 6.23. The predicted molar refractivity (Wildman–Crippen MR) is 229 cm³/mol. The molecule has 3 saturated heterocycles. The van der Waals surface area contributed by atoms with E-state index in [0.29, 0.717) is 17.1 Å². The number of hydrogen-bond donors (Lipinski definition) is 6. The van der Waals surface area contributed by atoms with Crippen molar-refractivity contribution in [3.63, 3.8) is 0 Å². The first-order valence-corrected chi connectivity index (χ1v) is 22.0. The zero-order valence-corrected chi connectivity index (χ0v) is 39.0. The molecule has 0 radical (unpaired) electrons. The molecule has 3 heterocycles. The number of amides is 2. The van der Waals surface area contributed by atoms with E-state index in [9.17, 15) is 35.1 Å². The highest BCUT2D eigenvalue weighted by atomic mass is 35.5. The van der Waals surface area contributed by atoms with Gasteiger partial charge in [-0.15, -0.1) is 0 Å². The molecule has 0 spiro atoms. The highest BCUT2D eigenvalue weighted by Gasteiger charge is 2.53. The van der Waals surface area contributed by atoms with Crippen LogP contribution in [0.5, 0.6) is 0 Å². The molecule has 3 aliphatic heterocycles. The summed E-state index contributed by atoms with van der Waals surface area (Å²) in [7, 11) is 5.19. The Morgan fingerprint density at radius 1 is 1.00 bits per heavy atom. The number of rotatable bonds is 8. The maximum absolute atomic E-state index is 14.5. The molecule has 3 fully saturated rings. The van der Waals surface area contributed by atoms with E-state index in [2.05, 4.69) is 5.32 Å². The molecular formula is C44H74ClN3O13. The zero-order valence-electron chi connectivity index (χ0n) is 38.3. The van der Waals surface area contributed by atoms with Crippen molar-refractivity contribution in [3.05, 3.63) is 29.3 Å². The normalized spacial score (nSPS) is 43.6. The quantitative estimate of drug-likeness (QED) is 0.203. The monoisotopic (exact) mass is 887 g/mol. The minimum atomic E-state index is -2.06. The van der Waals surface area contributed by atoms with E-state index >= 15 is 0 Å². The van der Waals surface area contributed by atoms with Gasteiger partial charge < -0.3 is 69.1 Å². The van der Waals surface area contributed by atoms with E-state index in [4.69, 9.17) is 40.0 Å². The molecule has 4 rings (SSSR count). The fourth-order valence-electron chi connectivity index (χ4n) is 9.54. The van der Waals surface area contributed by atoms with Gasteiger partial charge in [-0.1, -0.05) is 38.4 Å². The van der Waals surface area contributed by atoms with Crippen molar-refractivity contribution in [1.82, 2.24) is 9.80 Å². The topological polar surface area (TPSA) is 209 Å². The van der Waals surface area contributed by atoms with Crippen LogP contribution in [-0.4, -0.2) is 165 Å². The number of ether oxygens (including phenoxy) is 6. The number of nitrogens with one attached hydrogen (secondary N) is 1. The fourth-order valence-corrected chi connectivity index (χ4v) is 9.73. The first kappa shape index (κ1) is 51.4. The Kier molecular flexibility index (Phi) is 17.5. The van der Waals surface area contributed by atoms with Gasteiger partial charge in [0, 0.05) is 42.7 Å². The van der Waals surface area contributed by atoms with Crippen LogP contribution >= 0.6 is 11.6 Å². The molecule has 0 bridgehead atoms. The number of halogens is 1. The number of likely N-dealkylation sites (N-methyl/N-ethyl adjacent to an activating group) is 1. The molecule has 17 heteroatoms. The smallest absolute Gasteiger partial charge is 0.322 e. The van der Waals surface area contributed by atoms with Crippen molar-refractivity contribution in [3.8, 4) is 0 Å². The van der Waals surface area contributed by atoms with E-state index < -0.39 is 108 Å². The average Bonchev–Trinajstić information content (AvgIpc) is 3.18. The maximum atomic E-state index is 14.5. The van der Waals surface area contributed by atoms with Gasteiger partial charge in [0.1, 0.15) is 30.0 Å². The molecule has 3 aliphatic rings. The lowest BCUT2D eigenvalue weighted by Gasteiger charge is -2.48. The molecule has 350 valence electrons. The van der Waals surface area contributed by atoms with Crippen LogP contribution in [0.4, 0.5) is 10.5 Å². The number of hydrogen-bond acceptors (Lipinski definition) is 14. The van der Waals surface area contributed by atoms with Crippen LogP contribution in [0.1, 0.15) is 94.9 Å². The van der Waals surface area contributed by atoms with Crippen LogP contribution in [0.3, 0.4) is 0 Å². The van der Waals surface area contributed by atoms with Crippen LogP contribution in [0.15, 0.2) is 24.3 Å². The van der Waals surface area contributed by atoms with Gasteiger partial charge in [-0.3, -0.25) is 4.79 Å². The number of aliphatic hydroxyl groups is 5. The minimum absolute atomic E-state index is 0.00563. The van der Waals surface area contributed by atoms with Crippen molar-refractivity contribution in [1.29, 1.82) is 0 Å². The van der Waals surface area contributed by atoms with Gasteiger partial charge in [-0.2, -0.15) is 0 Å². The Balaban J connectivity index is 1.86. The molecule has 0 saturated carbocycles. The molecule has 61 heavy (non-hydrogen) atoms. The molecule has 1 aromatic carbocycles. The maximum Gasteiger partial charge on any atom is 0.322 e. The van der Waals surface area contributed by atoms with E-state index in [0.717, 1.165) is 0 Å². The predicted octanol–water partition coefficient (Wildman–Crippen LogP) is 4.16. The summed E-state index contributed by atoms with van der Waals surface area (Å²) < 4.78 is 37.7. The van der Waals surface area contributed by atoms with Crippen molar-refractivity contribution in [2.45, 2.75) is 185 Å². The summed E-state index contributed by atoms with van der Waals surface area (Å²) in [6.07, 6.45) is -9.87. The van der Waals surface area contributed by atoms with Crippen LogP contribution in [0.25, 0.3) is 0 Å². The lowest BCUT2D eigenvalue weighted by molar-refractivity contribution is -0.318. The summed E-state index contributed by atoms with van der Waals surface area (Å²) in [6.45, 7) is 16.8. The van der Waals surface area contributed by atoms with Crippen molar-refractivity contribution in [2.24, 2.45) is 17.8 Å². The fraction of sp³-hybridized carbons (Fsp3) is 0.818. The van der Waals surface area contributed by atoms with E-state index in [-0.39, 0.29) is 38.0 Å². The van der Waals surface area contributed by atoms with E-state index in [1.807, 2.05) is 32.8 Å². The Morgan fingerprint density at radius 3 is 2.25 bits per heavy atom. The molecule has 2 amide bonds. The number of aliphatic hydroxyl groups excluding tert-OH is 3. The third kappa shape index (κ3) is 11.9. The first-order valence-electron chi connectivity index (χ1n) is 21.6. The van der Waals surface area contributed by atoms with Gasteiger partial charge in [0.2, 0.25) is 0 Å². The third-order valence-corrected chi connectivity index (χ3v) is 13.5. The number of carbonyl (C=O) groups excluding carboxylic acids is 2. The van der Waals surface area contributed by atoms with E-state index in [1.54, 1.807) is 72.7 Å². The van der Waals surface area contributed by atoms with Crippen LogP contribution in [0.2, 0.25) is 5.02 Å². The van der Waals surface area contributed by atoms with Gasteiger partial charge in [-0.25, -0.2) is 4.79 Å². The SMILES string of the molecule is CC[C@H]1OC(=O)[C@H](C)[C@@H](O[C@H]2C[C@@](C)(OC)[C@@H](O)[C@H](C)O2)[C@H](C)[C@@H](O[C@@H]2O[C@H](C)C[C@@H](N(C)C)[C@H]2O)[C@](C)(O)C[C@@H](C)CN(C(=O)Nc2cccc(Cl)c2)[C@H](C)[C@@H](O)[C@]1(C)O. The third-order valence-electron chi connectivity index (χ3n) is 13.2. The molecule has 0 aliphatic carbocycles. The number of esters is 1. The number of methoxy groups -OCH3 is 1. The number of cyclic esters (lactones) is 1. The van der Waals surface area contributed by atoms with Crippen LogP contribution < -0.4 is 5.32 Å². The second-order valence-corrected chi connectivity index (χ2v) is 19.3. The highest BCUT2D eigenvalue weighted by molar-refractivity contribution is 6.30. The molecule has 16 nitrogen and oxygen atoms in total.